The Labute approximate surface area is 136 Å². The highest BCUT2D eigenvalue weighted by Crippen LogP contribution is 2.28. The van der Waals surface area contributed by atoms with Gasteiger partial charge in [0.05, 0.1) is 11.1 Å². The van der Waals surface area contributed by atoms with Gasteiger partial charge in [-0.3, -0.25) is 10.1 Å². The number of hydrazone groups is 1. The number of urea groups is 1. The number of nitrogens with zero attached hydrogens (tertiary/aromatic N) is 2. The second-order valence-corrected chi connectivity index (χ2v) is 5.50. The highest BCUT2D eigenvalue weighted by atomic mass is 32.2. The monoisotopic (exact) mass is 330 g/mol. The van der Waals surface area contributed by atoms with Gasteiger partial charge >= 0.3 is 6.03 Å². The number of rotatable bonds is 6. The molecule has 0 aliphatic carbocycles. The van der Waals surface area contributed by atoms with Crippen LogP contribution in [0, 0.1) is 10.1 Å². The molecule has 0 saturated carbocycles. The molecule has 0 radical (unpaired) electrons. The van der Waals surface area contributed by atoms with Crippen LogP contribution in [0.15, 0.2) is 58.5 Å². The van der Waals surface area contributed by atoms with Gasteiger partial charge in [-0.2, -0.15) is 5.10 Å². The van der Waals surface area contributed by atoms with Crippen molar-refractivity contribution in [2.75, 3.05) is 0 Å². The molecule has 7 nitrogen and oxygen atoms in total. The Kier molecular flexibility index (Phi) is 5.70. The van der Waals surface area contributed by atoms with E-state index in [-0.39, 0.29) is 5.69 Å². The van der Waals surface area contributed by atoms with Crippen molar-refractivity contribution in [3.8, 4) is 0 Å². The number of carbonyl (C=O) groups is 1. The smallest absolute Gasteiger partial charge is 0.332 e. The number of benzene rings is 2. The summed E-state index contributed by atoms with van der Waals surface area (Å²) >= 11 is 1.52. The lowest BCUT2D eigenvalue weighted by atomic mass is 10.2. The fourth-order valence-corrected chi connectivity index (χ4v) is 2.74. The van der Waals surface area contributed by atoms with E-state index in [1.54, 1.807) is 6.07 Å². The molecule has 3 N–H and O–H groups in total. The maximum absolute atomic E-state index is 10.9. The number of nitrogens with one attached hydrogen (secondary N) is 1. The zero-order valence-electron chi connectivity index (χ0n) is 12.0. The molecule has 0 unspecified atom stereocenters. The van der Waals surface area contributed by atoms with Gasteiger partial charge in [-0.25, -0.2) is 10.2 Å². The fraction of sp³-hybridized carbons (Fsp3) is 0.0667. The molecule has 8 heteroatoms. The van der Waals surface area contributed by atoms with E-state index in [1.165, 1.54) is 30.1 Å². The summed E-state index contributed by atoms with van der Waals surface area (Å²) in [7, 11) is 0. The van der Waals surface area contributed by atoms with Crippen LogP contribution in [0.4, 0.5) is 10.5 Å². The molecule has 0 saturated heterocycles. The van der Waals surface area contributed by atoms with Gasteiger partial charge in [0.2, 0.25) is 0 Å². The zero-order valence-corrected chi connectivity index (χ0v) is 12.8. The quantitative estimate of drug-likeness (QED) is 0.367. The van der Waals surface area contributed by atoms with Crippen LogP contribution in [0.1, 0.15) is 11.1 Å². The molecule has 0 fully saturated rings. The van der Waals surface area contributed by atoms with Crippen molar-refractivity contribution in [2.24, 2.45) is 10.8 Å². The molecule has 0 aliphatic heterocycles. The normalized spacial score (nSPS) is 10.6. The van der Waals surface area contributed by atoms with E-state index in [1.807, 2.05) is 30.3 Å². The van der Waals surface area contributed by atoms with Crippen LogP contribution in [0.5, 0.6) is 0 Å². The maximum Gasteiger partial charge on any atom is 0.332 e. The Balaban J connectivity index is 2.20. The average Bonchev–Trinajstić information content (AvgIpc) is 2.54. The molecule has 0 bridgehead atoms. The number of amides is 2. The summed E-state index contributed by atoms with van der Waals surface area (Å²) < 4.78 is 0. The summed E-state index contributed by atoms with van der Waals surface area (Å²) in [5.74, 6) is 0.711. The maximum atomic E-state index is 10.9. The first-order valence-electron chi connectivity index (χ1n) is 6.60. The van der Waals surface area contributed by atoms with Crippen molar-refractivity contribution >= 4 is 29.7 Å². The van der Waals surface area contributed by atoms with Crippen LogP contribution in [0.2, 0.25) is 0 Å². The molecule has 0 spiro atoms. The molecule has 0 heterocycles. The van der Waals surface area contributed by atoms with Crippen LogP contribution in [-0.4, -0.2) is 17.2 Å². The predicted molar refractivity (Wildman–Crippen MR) is 89.4 cm³/mol. The third-order valence-electron chi connectivity index (χ3n) is 2.82. The van der Waals surface area contributed by atoms with Gasteiger partial charge in [-0.15, -0.1) is 11.8 Å². The summed E-state index contributed by atoms with van der Waals surface area (Å²) in [6.07, 6.45) is 1.34. The first-order chi connectivity index (χ1) is 11.1. The largest absolute Gasteiger partial charge is 0.350 e. The summed E-state index contributed by atoms with van der Waals surface area (Å²) in [5.41, 5.74) is 8.63. The lowest BCUT2D eigenvalue weighted by molar-refractivity contribution is -0.384. The van der Waals surface area contributed by atoms with Crippen molar-refractivity contribution < 1.29 is 9.72 Å². The number of thioether (sulfide) groups is 1. The van der Waals surface area contributed by atoms with Crippen molar-refractivity contribution in [3.05, 3.63) is 69.8 Å². The van der Waals surface area contributed by atoms with Crippen molar-refractivity contribution in [2.45, 2.75) is 10.6 Å². The van der Waals surface area contributed by atoms with E-state index in [0.717, 1.165) is 10.5 Å². The summed E-state index contributed by atoms with van der Waals surface area (Å²) in [5, 5.41) is 14.6. The van der Waals surface area contributed by atoms with Gasteiger partial charge in [0.15, 0.2) is 0 Å². The van der Waals surface area contributed by atoms with Crippen molar-refractivity contribution in [1.29, 1.82) is 0 Å². The molecular weight excluding hydrogens is 316 g/mol. The predicted octanol–water partition coefficient (Wildman–Crippen LogP) is 2.89. The number of nitro benzene ring substituents is 1. The fourth-order valence-electron chi connectivity index (χ4n) is 1.78. The number of hydrogen-bond donors (Lipinski definition) is 2. The number of non-ortho nitro benzene ring substituents is 1. The Morgan fingerprint density at radius 3 is 2.70 bits per heavy atom. The highest BCUT2D eigenvalue weighted by Gasteiger charge is 2.10. The Morgan fingerprint density at radius 2 is 2.04 bits per heavy atom. The first kappa shape index (κ1) is 16.5. The first-order valence-corrected chi connectivity index (χ1v) is 7.58. The van der Waals surface area contributed by atoms with Crippen LogP contribution in [0.3, 0.4) is 0 Å². The van der Waals surface area contributed by atoms with E-state index in [4.69, 9.17) is 5.73 Å². The Morgan fingerprint density at radius 1 is 1.30 bits per heavy atom. The summed E-state index contributed by atoms with van der Waals surface area (Å²) in [4.78, 5) is 21.9. The Hall–Kier alpha value is -2.87. The van der Waals surface area contributed by atoms with E-state index in [0.29, 0.717) is 11.3 Å². The number of primary amides is 1. The SMILES string of the molecule is NC(=O)NN=Cc1cc([N+](=O)[O-])ccc1SCc1ccccc1. The van der Waals surface area contributed by atoms with Gasteiger partial charge < -0.3 is 5.73 Å². The number of hydrogen-bond acceptors (Lipinski definition) is 5. The van der Waals surface area contributed by atoms with Gasteiger partial charge in [-0.1, -0.05) is 30.3 Å². The molecule has 0 aliphatic rings. The summed E-state index contributed by atoms with van der Waals surface area (Å²) in [6, 6.07) is 13.5. The van der Waals surface area contributed by atoms with E-state index < -0.39 is 11.0 Å². The van der Waals surface area contributed by atoms with E-state index in [9.17, 15) is 14.9 Å². The summed E-state index contributed by atoms with van der Waals surface area (Å²) in [6.45, 7) is 0. The van der Waals surface area contributed by atoms with Gasteiger partial charge in [0, 0.05) is 28.3 Å². The van der Waals surface area contributed by atoms with E-state index in [2.05, 4.69) is 10.5 Å². The molecule has 23 heavy (non-hydrogen) atoms. The zero-order chi connectivity index (χ0) is 16.7. The highest BCUT2D eigenvalue weighted by molar-refractivity contribution is 7.98. The second-order valence-electron chi connectivity index (χ2n) is 4.49. The van der Waals surface area contributed by atoms with Crippen LogP contribution in [-0.2, 0) is 5.75 Å². The minimum absolute atomic E-state index is 0.0467. The molecule has 2 rings (SSSR count). The number of carbonyl (C=O) groups excluding carboxylic acids is 1. The third kappa shape index (κ3) is 5.11. The standard InChI is InChI=1S/C15H14N4O3S/c16-15(20)18-17-9-12-8-13(19(21)22)6-7-14(12)23-10-11-4-2-1-3-5-11/h1-9H,10H2,(H3,16,18,20). The van der Waals surface area contributed by atoms with Gasteiger partial charge in [-0.05, 0) is 11.6 Å². The average molecular weight is 330 g/mol. The minimum Gasteiger partial charge on any atom is -0.350 e. The third-order valence-corrected chi connectivity index (χ3v) is 3.98. The second kappa shape index (κ2) is 7.95. The van der Waals surface area contributed by atoms with Crippen LogP contribution < -0.4 is 11.2 Å². The number of nitrogens with two attached hydrogens (primary N) is 1. The van der Waals surface area contributed by atoms with Crippen molar-refractivity contribution in [3.63, 3.8) is 0 Å². The van der Waals surface area contributed by atoms with Crippen molar-refractivity contribution in [1.82, 2.24) is 5.43 Å². The lowest BCUT2D eigenvalue weighted by Gasteiger charge is -2.06. The molecule has 0 aromatic heterocycles. The molecule has 2 amide bonds. The molecule has 118 valence electrons. The van der Waals surface area contributed by atoms with Crippen LogP contribution >= 0.6 is 11.8 Å². The molecule has 0 atom stereocenters. The number of nitro groups is 1. The topological polar surface area (TPSA) is 111 Å². The van der Waals surface area contributed by atoms with Gasteiger partial charge in [0.25, 0.3) is 5.69 Å². The van der Waals surface area contributed by atoms with Crippen LogP contribution in [0.25, 0.3) is 0 Å². The molecule has 2 aromatic rings. The lowest BCUT2D eigenvalue weighted by Crippen LogP contribution is -2.24. The van der Waals surface area contributed by atoms with E-state index >= 15 is 0 Å². The van der Waals surface area contributed by atoms with Gasteiger partial charge in [0.1, 0.15) is 0 Å². The Bertz CT molecular complexity index is 735. The molecular formula is C15H14N4O3S. The minimum atomic E-state index is -0.801. The molecule has 2 aromatic carbocycles.